The minimum atomic E-state index is 0.292. The smallest absolute Gasteiger partial charge is 0.231 e. The zero-order chi connectivity index (χ0) is 12.9. The van der Waals surface area contributed by atoms with Gasteiger partial charge < -0.3 is 14.2 Å². The average Bonchev–Trinajstić information content (AvgIpc) is 2.92. The van der Waals surface area contributed by atoms with Gasteiger partial charge in [-0.2, -0.15) is 0 Å². The molecular formula is C15H15NO3. The Morgan fingerprint density at radius 2 is 1.89 bits per heavy atom. The molecule has 0 bridgehead atoms. The number of hydrogen-bond donors (Lipinski definition) is 0. The molecule has 1 aromatic heterocycles. The Hall–Kier alpha value is -2.23. The van der Waals surface area contributed by atoms with E-state index in [0.29, 0.717) is 13.4 Å². The normalized spacial score (nSPS) is 12.4. The maximum atomic E-state index is 5.70. The van der Waals surface area contributed by atoms with Crippen LogP contribution in [0.5, 0.6) is 17.2 Å². The highest BCUT2D eigenvalue weighted by molar-refractivity contribution is 5.46. The molecule has 98 valence electrons. The highest BCUT2D eigenvalue weighted by Gasteiger charge is 2.13. The van der Waals surface area contributed by atoms with Gasteiger partial charge >= 0.3 is 0 Å². The van der Waals surface area contributed by atoms with Crippen molar-refractivity contribution in [1.29, 1.82) is 0 Å². The molecule has 0 fully saturated rings. The molecule has 2 heterocycles. The molecule has 0 unspecified atom stereocenters. The maximum Gasteiger partial charge on any atom is 0.231 e. The van der Waals surface area contributed by atoms with Crippen LogP contribution in [0.4, 0.5) is 0 Å². The Bertz CT molecular complexity index is 542. The molecule has 0 radical (unpaired) electrons. The van der Waals surface area contributed by atoms with Crippen LogP contribution in [0.25, 0.3) is 0 Å². The summed E-state index contributed by atoms with van der Waals surface area (Å²) >= 11 is 0. The number of nitrogens with zero attached hydrogens (tertiary/aromatic N) is 1. The monoisotopic (exact) mass is 257 g/mol. The third-order valence-corrected chi connectivity index (χ3v) is 2.97. The number of hydrogen-bond acceptors (Lipinski definition) is 4. The van der Waals surface area contributed by atoms with E-state index in [-0.39, 0.29) is 0 Å². The van der Waals surface area contributed by atoms with Crippen molar-refractivity contribution in [2.24, 2.45) is 0 Å². The summed E-state index contributed by atoms with van der Waals surface area (Å²) in [6.07, 6.45) is 5.59. The van der Waals surface area contributed by atoms with Crippen molar-refractivity contribution in [3.8, 4) is 17.2 Å². The molecule has 0 saturated heterocycles. The number of aromatic nitrogens is 1. The van der Waals surface area contributed by atoms with E-state index >= 15 is 0 Å². The predicted molar refractivity (Wildman–Crippen MR) is 70.6 cm³/mol. The van der Waals surface area contributed by atoms with Gasteiger partial charge in [-0.15, -0.1) is 0 Å². The van der Waals surface area contributed by atoms with E-state index in [1.807, 2.05) is 42.7 Å². The quantitative estimate of drug-likeness (QED) is 0.772. The van der Waals surface area contributed by atoms with Crippen molar-refractivity contribution in [1.82, 2.24) is 4.98 Å². The van der Waals surface area contributed by atoms with Gasteiger partial charge in [0.1, 0.15) is 5.75 Å². The van der Waals surface area contributed by atoms with E-state index < -0.39 is 0 Å². The third-order valence-electron chi connectivity index (χ3n) is 2.97. The zero-order valence-corrected chi connectivity index (χ0v) is 10.5. The van der Waals surface area contributed by atoms with E-state index in [4.69, 9.17) is 14.2 Å². The molecule has 4 heteroatoms. The Labute approximate surface area is 112 Å². The summed E-state index contributed by atoms with van der Waals surface area (Å²) in [6, 6.07) is 9.70. The molecule has 1 aliphatic heterocycles. The third kappa shape index (κ3) is 2.96. The highest BCUT2D eigenvalue weighted by Crippen LogP contribution is 2.35. The van der Waals surface area contributed by atoms with Gasteiger partial charge in [0.15, 0.2) is 11.5 Å². The molecule has 0 saturated carbocycles. The fourth-order valence-corrected chi connectivity index (χ4v) is 1.98. The lowest BCUT2D eigenvalue weighted by atomic mass is 10.1. The van der Waals surface area contributed by atoms with Gasteiger partial charge in [-0.3, -0.25) is 4.98 Å². The Kier molecular flexibility index (Phi) is 3.49. The molecular weight excluding hydrogens is 242 g/mol. The Morgan fingerprint density at radius 1 is 1.05 bits per heavy atom. The summed E-state index contributed by atoms with van der Waals surface area (Å²) in [4.78, 5) is 4.00. The molecule has 4 nitrogen and oxygen atoms in total. The summed E-state index contributed by atoms with van der Waals surface area (Å²) in [5.74, 6) is 2.36. The molecule has 19 heavy (non-hydrogen) atoms. The minimum absolute atomic E-state index is 0.292. The molecule has 1 aromatic carbocycles. The molecule has 0 aliphatic carbocycles. The second kappa shape index (κ2) is 5.61. The number of aryl methyl sites for hydroxylation is 1. The van der Waals surface area contributed by atoms with Crippen LogP contribution in [0, 0.1) is 0 Å². The Balaban J connectivity index is 1.48. The van der Waals surface area contributed by atoms with E-state index in [1.54, 1.807) is 0 Å². The van der Waals surface area contributed by atoms with Gasteiger partial charge in [0.05, 0.1) is 6.61 Å². The summed E-state index contributed by atoms with van der Waals surface area (Å²) in [5.41, 5.74) is 1.28. The number of rotatable bonds is 5. The fourth-order valence-electron chi connectivity index (χ4n) is 1.98. The van der Waals surface area contributed by atoms with Gasteiger partial charge in [-0.25, -0.2) is 0 Å². The Morgan fingerprint density at radius 3 is 2.79 bits per heavy atom. The fraction of sp³-hybridized carbons (Fsp3) is 0.267. The van der Waals surface area contributed by atoms with Crippen LogP contribution in [0.3, 0.4) is 0 Å². The lowest BCUT2D eigenvalue weighted by molar-refractivity contribution is 0.173. The maximum absolute atomic E-state index is 5.70. The first-order valence-corrected chi connectivity index (χ1v) is 6.33. The number of ether oxygens (including phenoxy) is 3. The summed E-state index contributed by atoms with van der Waals surface area (Å²) in [6.45, 7) is 0.975. The van der Waals surface area contributed by atoms with Gasteiger partial charge in [0.25, 0.3) is 0 Å². The first-order chi connectivity index (χ1) is 9.42. The minimum Gasteiger partial charge on any atom is -0.493 e. The SMILES string of the molecule is c1cc(CCCOc2ccc3c(c2)OCO3)ccn1. The zero-order valence-electron chi connectivity index (χ0n) is 10.5. The van der Waals surface area contributed by atoms with E-state index in [0.717, 1.165) is 30.1 Å². The van der Waals surface area contributed by atoms with Crippen LogP contribution in [0.15, 0.2) is 42.7 Å². The molecule has 3 rings (SSSR count). The van der Waals surface area contributed by atoms with Crippen molar-refractivity contribution in [2.45, 2.75) is 12.8 Å². The van der Waals surface area contributed by atoms with Crippen molar-refractivity contribution < 1.29 is 14.2 Å². The predicted octanol–water partition coefficient (Wildman–Crippen LogP) is 2.82. The standard InChI is InChI=1S/C15H15NO3/c1(2-12-5-7-16-8-6-12)9-17-13-3-4-14-15(10-13)19-11-18-14/h3-8,10H,1-2,9,11H2. The van der Waals surface area contributed by atoms with Gasteiger partial charge in [0.2, 0.25) is 6.79 Å². The van der Waals surface area contributed by atoms with Crippen LogP contribution < -0.4 is 14.2 Å². The molecule has 0 atom stereocenters. The van der Waals surface area contributed by atoms with Gasteiger partial charge in [0, 0.05) is 18.5 Å². The van der Waals surface area contributed by atoms with E-state index in [9.17, 15) is 0 Å². The van der Waals surface area contributed by atoms with Crippen LogP contribution in [-0.2, 0) is 6.42 Å². The largest absolute Gasteiger partial charge is 0.493 e. The van der Waals surface area contributed by atoms with Crippen molar-refractivity contribution in [3.05, 3.63) is 48.3 Å². The van der Waals surface area contributed by atoms with Crippen LogP contribution in [-0.4, -0.2) is 18.4 Å². The first kappa shape index (κ1) is 11.8. The lowest BCUT2D eigenvalue weighted by Gasteiger charge is -2.06. The molecule has 0 amide bonds. The van der Waals surface area contributed by atoms with Crippen LogP contribution >= 0.6 is 0 Å². The number of fused-ring (bicyclic) bond motifs is 1. The average molecular weight is 257 g/mol. The second-order valence-electron chi connectivity index (χ2n) is 4.32. The van der Waals surface area contributed by atoms with E-state index in [1.165, 1.54) is 5.56 Å². The van der Waals surface area contributed by atoms with Gasteiger partial charge in [-0.1, -0.05) is 0 Å². The molecule has 2 aromatic rings. The number of pyridine rings is 1. The lowest BCUT2D eigenvalue weighted by Crippen LogP contribution is -1.99. The van der Waals surface area contributed by atoms with Crippen molar-refractivity contribution in [3.63, 3.8) is 0 Å². The second-order valence-corrected chi connectivity index (χ2v) is 4.32. The van der Waals surface area contributed by atoms with Crippen molar-refractivity contribution in [2.75, 3.05) is 13.4 Å². The molecule has 1 aliphatic rings. The first-order valence-electron chi connectivity index (χ1n) is 6.33. The molecule has 0 spiro atoms. The van der Waals surface area contributed by atoms with E-state index in [2.05, 4.69) is 4.98 Å². The van der Waals surface area contributed by atoms with Gasteiger partial charge in [-0.05, 0) is 42.7 Å². The van der Waals surface area contributed by atoms with Crippen LogP contribution in [0.2, 0.25) is 0 Å². The molecule has 0 N–H and O–H groups in total. The summed E-state index contributed by atoms with van der Waals surface area (Å²) < 4.78 is 16.3. The summed E-state index contributed by atoms with van der Waals surface area (Å²) in [7, 11) is 0. The van der Waals surface area contributed by atoms with Crippen LogP contribution in [0.1, 0.15) is 12.0 Å². The van der Waals surface area contributed by atoms with Crippen molar-refractivity contribution >= 4 is 0 Å². The highest BCUT2D eigenvalue weighted by atomic mass is 16.7. The topological polar surface area (TPSA) is 40.6 Å². The number of benzene rings is 1. The summed E-state index contributed by atoms with van der Waals surface area (Å²) in [5, 5.41) is 0.